The van der Waals surface area contributed by atoms with E-state index in [-0.39, 0.29) is 17.1 Å². The summed E-state index contributed by atoms with van der Waals surface area (Å²) in [6.45, 7) is 10.1. The lowest BCUT2D eigenvalue weighted by Crippen LogP contribution is -2.18. The van der Waals surface area contributed by atoms with Crippen LogP contribution in [-0.4, -0.2) is 26.9 Å². The van der Waals surface area contributed by atoms with Crippen LogP contribution >= 0.6 is 11.8 Å². The number of aryl methyl sites for hydroxylation is 2. The first kappa shape index (κ1) is 30.1. The van der Waals surface area contributed by atoms with Crippen LogP contribution in [-0.2, 0) is 16.8 Å². The van der Waals surface area contributed by atoms with Crippen LogP contribution in [0.2, 0.25) is 0 Å². The molecule has 0 bridgehead atoms. The Labute approximate surface area is 244 Å². The number of nitrogens with zero attached hydrogens (tertiary/aromatic N) is 1. The molecule has 0 amide bonds. The number of aliphatic hydroxyl groups is 1. The van der Waals surface area contributed by atoms with Gasteiger partial charge >= 0.3 is 5.97 Å². The van der Waals surface area contributed by atoms with Crippen LogP contribution in [0.5, 0.6) is 0 Å². The minimum atomic E-state index is -0.900. The Morgan fingerprint density at radius 2 is 1.82 bits per heavy atom. The molecule has 4 rings (SSSR count). The number of aromatic nitrogens is 1. The normalized spacial score (nSPS) is 15.5. The highest BCUT2D eigenvalue weighted by Crippen LogP contribution is 2.53. The van der Waals surface area contributed by atoms with Crippen molar-refractivity contribution in [1.29, 1.82) is 0 Å². The van der Waals surface area contributed by atoms with Crippen molar-refractivity contribution in [2.75, 3.05) is 5.75 Å². The van der Waals surface area contributed by atoms with E-state index >= 15 is 0 Å². The Balaban J connectivity index is 1.56. The van der Waals surface area contributed by atoms with E-state index in [0.717, 1.165) is 59.5 Å². The van der Waals surface area contributed by atoms with Gasteiger partial charge in [-0.1, -0.05) is 74.5 Å². The highest BCUT2D eigenvalue weighted by molar-refractivity contribution is 7.99. The summed E-state index contributed by atoms with van der Waals surface area (Å²) in [5.74, 6) is 0.528. The van der Waals surface area contributed by atoms with Crippen molar-refractivity contribution in [2.24, 2.45) is 5.41 Å². The van der Waals surface area contributed by atoms with Gasteiger partial charge in [0, 0.05) is 16.7 Å². The first-order valence-corrected chi connectivity index (χ1v) is 15.4. The van der Waals surface area contributed by atoms with Crippen molar-refractivity contribution in [3.63, 3.8) is 0 Å². The highest BCUT2D eigenvalue weighted by Gasteiger charge is 2.44. The van der Waals surface area contributed by atoms with E-state index in [1.54, 1.807) is 0 Å². The molecule has 212 valence electrons. The number of pyridine rings is 1. The summed E-state index contributed by atoms with van der Waals surface area (Å²) in [5, 5.41) is 20.4. The molecule has 0 aliphatic heterocycles. The molecule has 4 nitrogen and oxygen atoms in total. The Morgan fingerprint density at radius 3 is 2.50 bits per heavy atom. The van der Waals surface area contributed by atoms with Gasteiger partial charge in [-0.3, -0.25) is 9.78 Å². The van der Waals surface area contributed by atoms with Gasteiger partial charge in [0.05, 0.1) is 17.7 Å². The number of carbonyl (C=O) groups is 1. The molecule has 0 saturated heterocycles. The molecule has 1 aliphatic carbocycles. The fourth-order valence-electron chi connectivity index (χ4n) is 5.40. The molecule has 1 fully saturated rings. The van der Waals surface area contributed by atoms with E-state index in [2.05, 4.69) is 75.4 Å². The van der Waals surface area contributed by atoms with Crippen molar-refractivity contribution < 1.29 is 15.0 Å². The van der Waals surface area contributed by atoms with Gasteiger partial charge in [0.1, 0.15) is 0 Å². The number of rotatable bonds is 13. The maximum Gasteiger partial charge on any atom is 0.303 e. The highest BCUT2D eigenvalue weighted by atomic mass is 32.2. The molecule has 0 radical (unpaired) electrons. The van der Waals surface area contributed by atoms with E-state index in [1.807, 2.05) is 43.8 Å². The average molecular weight is 558 g/mol. The summed E-state index contributed by atoms with van der Waals surface area (Å²) >= 11 is 1.89. The zero-order chi connectivity index (χ0) is 28.9. The predicted molar refractivity (Wildman–Crippen MR) is 168 cm³/mol. The van der Waals surface area contributed by atoms with Crippen LogP contribution in [0.15, 0.2) is 60.7 Å². The summed E-state index contributed by atoms with van der Waals surface area (Å²) in [6, 6.07) is 21.0. The number of benzene rings is 2. The molecular formula is C35H43NO3S. The maximum atomic E-state index is 11.5. The van der Waals surface area contributed by atoms with Gasteiger partial charge in [-0.05, 0) is 97.7 Å². The lowest BCUT2D eigenvalue weighted by molar-refractivity contribution is -0.138. The molecule has 0 unspecified atom stereocenters. The van der Waals surface area contributed by atoms with Crippen molar-refractivity contribution in [2.45, 2.75) is 83.5 Å². The number of carboxylic acids is 1. The number of aliphatic carboxylic acids is 1. The number of hydrogen-bond acceptors (Lipinski definition) is 4. The third kappa shape index (κ3) is 8.08. The van der Waals surface area contributed by atoms with E-state index in [1.165, 1.54) is 11.1 Å². The second-order valence-corrected chi connectivity index (χ2v) is 13.4. The van der Waals surface area contributed by atoms with Gasteiger partial charge in [0.25, 0.3) is 0 Å². The molecule has 40 heavy (non-hydrogen) atoms. The Morgan fingerprint density at radius 1 is 1.07 bits per heavy atom. The average Bonchev–Trinajstić information content (AvgIpc) is 3.66. The molecule has 0 spiro atoms. The smallest absolute Gasteiger partial charge is 0.303 e. The lowest BCUT2D eigenvalue weighted by atomic mass is 9.90. The molecule has 1 saturated carbocycles. The minimum Gasteiger partial charge on any atom is -0.481 e. The lowest BCUT2D eigenvalue weighted by Gasteiger charge is -2.24. The zero-order valence-corrected chi connectivity index (χ0v) is 25.3. The van der Waals surface area contributed by atoms with E-state index in [0.29, 0.717) is 5.92 Å². The van der Waals surface area contributed by atoms with Crippen LogP contribution in [0.25, 0.3) is 12.2 Å². The van der Waals surface area contributed by atoms with Gasteiger partial charge in [-0.2, -0.15) is 11.8 Å². The fourth-order valence-corrected chi connectivity index (χ4v) is 6.97. The molecule has 1 heterocycles. The van der Waals surface area contributed by atoms with Crippen LogP contribution < -0.4 is 0 Å². The molecule has 1 atom stereocenters. The molecular weight excluding hydrogens is 514 g/mol. The number of hydrogen-bond donors (Lipinski definition) is 2. The van der Waals surface area contributed by atoms with Crippen molar-refractivity contribution in [1.82, 2.24) is 4.98 Å². The first-order valence-electron chi connectivity index (χ1n) is 14.4. The summed E-state index contributed by atoms with van der Waals surface area (Å²) in [4.78, 5) is 16.3. The standard InChI is InChI=1S/C35H43NO3S/c1-24(2)33-25(3)13-16-29(36-33)17-14-26-9-8-11-28(21-26)31(40-23-35(19-20-35)22-32(37)38)18-15-27-10-6-7-12-30(27)34(4,5)39/h6-14,16-17,21,24,31,39H,15,18-20,22-23H2,1-5H3,(H,37,38)/b17-14+/t31-/m1/s1. The Bertz CT molecular complexity index is 1350. The topological polar surface area (TPSA) is 70.4 Å². The predicted octanol–water partition coefficient (Wildman–Crippen LogP) is 8.57. The minimum absolute atomic E-state index is 0.0670. The van der Waals surface area contributed by atoms with Crippen molar-refractivity contribution in [3.05, 3.63) is 99.9 Å². The van der Waals surface area contributed by atoms with Crippen LogP contribution in [0, 0.1) is 12.3 Å². The molecule has 3 aromatic rings. The van der Waals surface area contributed by atoms with Crippen molar-refractivity contribution in [3.8, 4) is 0 Å². The molecule has 1 aromatic heterocycles. The van der Waals surface area contributed by atoms with Gasteiger partial charge in [-0.25, -0.2) is 0 Å². The second-order valence-electron chi connectivity index (χ2n) is 12.2. The monoisotopic (exact) mass is 557 g/mol. The maximum absolute atomic E-state index is 11.5. The van der Waals surface area contributed by atoms with E-state index in [9.17, 15) is 15.0 Å². The van der Waals surface area contributed by atoms with Crippen molar-refractivity contribution >= 4 is 29.9 Å². The van der Waals surface area contributed by atoms with Crippen LogP contribution in [0.4, 0.5) is 0 Å². The molecule has 2 aromatic carbocycles. The number of thioether (sulfide) groups is 1. The summed E-state index contributed by atoms with van der Waals surface area (Å²) in [6.07, 6.45) is 8.19. The van der Waals surface area contributed by atoms with E-state index in [4.69, 9.17) is 4.98 Å². The molecule has 5 heteroatoms. The molecule has 1 aliphatic rings. The molecule has 2 N–H and O–H groups in total. The summed E-state index contributed by atoms with van der Waals surface area (Å²) in [7, 11) is 0. The third-order valence-corrected chi connectivity index (χ3v) is 9.55. The van der Waals surface area contributed by atoms with Gasteiger partial charge in [-0.15, -0.1) is 0 Å². The zero-order valence-electron chi connectivity index (χ0n) is 24.5. The Hall–Kier alpha value is -2.89. The fraction of sp³-hybridized carbons (Fsp3) is 0.429. The first-order chi connectivity index (χ1) is 19.0. The summed E-state index contributed by atoms with van der Waals surface area (Å²) in [5.41, 5.74) is 6.84. The quantitative estimate of drug-likeness (QED) is 0.220. The largest absolute Gasteiger partial charge is 0.481 e. The van der Waals surface area contributed by atoms with Crippen LogP contribution in [0.3, 0.4) is 0 Å². The van der Waals surface area contributed by atoms with Crippen LogP contribution in [0.1, 0.15) is 104 Å². The SMILES string of the molecule is Cc1ccc(/C=C/c2cccc([C@@H](CCc3ccccc3C(C)(C)O)SCC3(CC(=O)O)CC3)c2)nc1C(C)C. The Kier molecular flexibility index (Phi) is 9.58. The number of carboxylic acid groups (broad SMARTS) is 1. The van der Waals surface area contributed by atoms with E-state index < -0.39 is 11.6 Å². The van der Waals surface area contributed by atoms with Gasteiger partial charge in [0.15, 0.2) is 0 Å². The third-order valence-electron chi connectivity index (χ3n) is 7.86. The van der Waals surface area contributed by atoms with Gasteiger partial charge < -0.3 is 10.2 Å². The summed E-state index contributed by atoms with van der Waals surface area (Å²) < 4.78 is 0. The second kappa shape index (κ2) is 12.7. The van der Waals surface area contributed by atoms with Gasteiger partial charge in [0.2, 0.25) is 0 Å².